The zero-order chi connectivity index (χ0) is 27.3. The van der Waals surface area contributed by atoms with Gasteiger partial charge in [0.15, 0.2) is 17.3 Å². The highest BCUT2D eigenvalue weighted by Crippen LogP contribution is 2.51. The molecule has 4 aromatic rings. The van der Waals surface area contributed by atoms with Gasteiger partial charge in [0.05, 0.1) is 19.7 Å². The molecule has 2 fully saturated rings. The van der Waals surface area contributed by atoms with E-state index in [0.717, 1.165) is 29.8 Å². The third kappa shape index (κ3) is 4.30. The number of methoxy groups -OCH3 is 2. The number of nitrogen functional groups attached to an aromatic ring is 1. The predicted octanol–water partition coefficient (Wildman–Crippen LogP) is 4.68. The van der Waals surface area contributed by atoms with Gasteiger partial charge in [-0.3, -0.25) is 4.90 Å². The van der Waals surface area contributed by atoms with Gasteiger partial charge in [-0.2, -0.15) is 9.67 Å². The molecular weight excluding hydrogens is 504 g/mol. The van der Waals surface area contributed by atoms with Gasteiger partial charge in [-0.1, -0.05) is 6.07 Å². The minimum absolute atomic E-state index is 0.226. The van der Waals surface area contributed by atoms with E-state index in [9.17, 15) is 0 Å². The molecule has 0 unspecified atom stereocenters. The van der Waals surface area contributed by atoms with Crippen molar-refractivity contribution in [2.75, 3.05) is 38.4 Å². The molecule has 0 saturated heterocycles. The molecule has 2 aliphatic carbocycles. The number of hydrogen-bond acceptors (Lipinski definition) is 9. The summed E-state index contributed by atoms with van der Waals surface area (Å²) >= 11 is 0. The van der Waals surface area contributed by atoms with E-state index in [-0.39, 0.29) is 5.95 Å². The molecule has 7 rings (SSSR count). The summed E-state index contributed by atoms with van der Waals surface area (Å²) in [7, 11) is 3.19. The van der Waals surface area contributed by atoms with Crippen LogP contribution in [0.1, 0.15) is 49.7 Å². The fourth-order valence-electron chi connectivity index (χ4n) is 7.29. The van der Waals surface area contributed by atoms with Crippen molar-refractivity contribution >= 4 is 28.5 Å². The summed E-state index contributed by atoms with van der Waals surface area (Å²) in [6, 6.07) is 10.3. The summed E-state index contributed by atoms with van der Waals surface area (Å²) in [6.45, 7) is 2.37. The van der Waals surface area contributed by atoms with Crippen LogP contribution in [-0.4, -0.2) is 62.5 Å². The number of anilines is 3. The number of benzene rings is 2. The molecule has 1 aliphatic heterocycles. The van der Waals surface area contributed by atoms with Gasteiger partial charge < -0.3 is 20.5 Å². The number of nitrogens with two attached hydrogens (primary N) is 1. The van der Waals surface area contributed by atoms with Gasteiger partial charge in [0.25, 0.3) is 0 Å². The first-order valence-corrected chi connectivity index (χ1v) is 14.3. The maximum atomic E-state index is 6.31. The Hall–Kier alpha value is -3.92. The number of aromatic nitrogens is 5. The minimum atomic E-state index is 0.226. The molecule has 2 aromatic heterocycles. The molecule has 3 N–H and O–H groups in total. The van der Waals surface area contributed by atoms with E-state index in [2.05, 4.69) is 48.5 Å². The standard InChI is InChI=1S/C30H36N8O2/c1-39-25-15-23-24(16-26(25)40-2)32-18-33-27(23)38-28(31)35-29(36-38)34-22-6-5-20-9-13-37(12-3-4-21(20)14-22)30-10-7-19(17-30)8-11-30/h5-6,14-16,18-19H,3-4,7-13,17H2,1-2H3,(H3,31,34,35,36). The lowest BCUT2D eigenvalue weighted by molar-refractivity contribution is 0.0925. The van der Waals surface area contributed by atoms with E-state index in [1.54, 1.807) is 20.3 Å². The van der Waals surface area contributed by atoms with E-state index in [0.29, 0.717) is 34.3 Å². The van der Waals surface area contributed by atoms with Crippen LogP contribution in [0.25, 0.3) is 16.7 Å². The fraction of sp³-hybridized carbons (Fsp3) is 0.467. The summed E-state index contributed by atoms with van der Waals surface area (Å²) in [5.74, 6) is 3.30. The highest BCUT2D eigenvalue weighted by molar-refractivity contribution is 5.88. The predicted molar refractivity (Wildman–Crippen MR) is 155 cm³/mol. The van der Waals surface area contributed by atoms with E-state index in [4.69, 9.17) is 15.2 Å². The highest BCUT2D eigenvalue weighted by Gasteiger charge is 2.48. The van der Waals surface area contributed by atoms with Gasteiger partial charge in [0.1, 0.15) is 6.33 Å². The second-order valence-corrected chi connectivity index (χ2v) is 11.4. The Morgan fingerprint density at radius 3 is 2.58 bits per heavy atom. The van der Waals surface area contributed by atoms with Crippen LogP contribution in [0.15, 0.2) is 36.7 Å². The third-order valence-corrected chi connectivity index (χ3v) is 9.32. The number of nitrogens with one attached hydrogen (secondary N) is 1. The van der Waals surface area contributed by atoms with Gasteiger partial charge in [0, 0.05) is 29.2 Å². The molecule has 2 aromatic carbocycles. The molecule has 10 heteroatoms. The quantitative estimate of drug-likeness (QED) is 0.360. The Labute approximate surface area is 233 Å². The molecule has 2 saturated carbocycles. The van der Waals surface area contributed by atoms with E-state index in [1.165, 1.54) is 73.8 Å². The van der Waals surface area contributed by atoms with Crippen LogP contribution >= 0.6 is 0 Å². The van der Waals surface area contributed by atoms with Gasteiger partial charge in [-0.25, -0.2) is 9.97 Å². The molecule has 3 aliphatic rings. The maximum Gasteiger partial charge on any atom is 0.248 e. The van der Waals surface area contributed by atoms with Crippen molar-refractivity contribution < 1.29 is 9.47 Å². The molecule has 208 valence electrons. The van der Waals surface area contributed by atoms with Gasteiger partial charge >= 0.3 is 0 Å². The average molecular weight is 541 g/mol. The van der Waals surface area contributed by atoms with Crippen LogP contribution in [0, 0.1) is 5.92 Å². The van der Waals surface area contributed by atoms with Gasteiger partial charge in [-0.15, -0.1) is 5.10 Å². The van der Waals surface area contributed by atoms with E-state index in [1.807, 2.05) is 6.07 Å². The smallest absolute Gasteiger partial charge is 0.248 e. The zero-order valence-corrected chi connectivity index (χ0v) is 23.2. The summed E-state index contributed by atoms with van der Waals surface area (Å²) in [5.41, 5.74) is 11.3. The normalized spacial score (nSPS) is 22.6. The second kappa shape index (κ2) is 9.92. The Kier molecular flexibility index (Phi) is 6.22. The van der Waals surface area contributed by atoms with E-state index < -0.39 is 0 Å². The molecule has 0 radical (unpaired) electrons. The van der Waals surface area contributed by atoms with Crippen LogP contribution in [-0.2, 0) is 12.8 Å². The monoisotopic (exact) mass is 540 g/mol. The average Bonchev–Trinajstić information content (AvgIpc) is 3.68. The number of hydrogen-bond donors (Lipinski definition) is 2. The Bertz CT molecular complexity index is 1560. The zero-order valence-electron chi connectivity index (χ0n) is 23.2. The summed E-state index contributed by atoms with van der Waals surface area (Å²) in [5, 5.41) is 8.73. The van der Waals surface area contributed by atoms with Crippen molar-refractivity contribution in [3.05, 3.63) is 47.8 Å². The van der Waals surface area contributed by atoms with E-state index >= 15 is 0 Å². The molecule has 0 spiro atoms. The largest absolute Gasteiger partial charge is 0.493 e. The maximum absolute atomic E-state index is 6.31. The number of aryl methyl sites for hydroxylation is 1. The fourth-order valence-corrected chi connectivity index (χ4v) is 7.29. The molecular formula is C30H36N8O2. The number of nitrogens with zero attached hydrogens (tertiary/aromatic N) is 6. The second-order valence-electron chi connectivity index (χ2n) is 11.4. The third-order valence-electron chi connectivity index (χ3n) is 9.32. The lowest BCUT2D eigenvalue weighted by Crippen LogP contribution is -2.47. The summed E-state index contributed by atoms with van der Waals surface area (Å²) in [6.07, 6.45) is 12.0. The topological polar surface area (TPSA) is 116 Å². The van der Waals surface area contributed by atoms with Crippen molar-refractivity contribution in [2.45, 2.75) is 56.9 Å². The van der Waals surface area contributed by atoms with Crippen LogP contribution in [0.2, 0.25) is 0 Å². The van der Waals surface area contributed by atoms with Crippen molar-refractivity contribution in [2.24, 2.45) is 5.92 Å². The van der Waals surface area contributed by atoms with Gasteiger partial charge in [-0.05, 0) is 93.2 Å². The first-order chi connectivity index (χ1) is 19.5. The lowest BCUT2D eigenvalue weighted by Gasteiger charge is -2.41. The van der Waals surface area contributed by atoms with Gasteiger partial charge in [0.2, 0.25) is 11.9 Å². The van der Waals surface area contributed by atoms with Crippen molar-refractivity contribution in [3.63, 3.8) is 0 Å². The number of fused-ring (bicyclic) bond motifs is 4. The van der Waals surface area contributed by atoms with Crippen LogP contribution in [0.5, 0.6) is 11.5 Å². The Morgan fingerprint density at radius 2 is 1.80 bits per heavy atom. The molecule has 3 heterocycles. The molecule has 40 heavy (non-hydrogen) atoms. The van der Waals surface area contributed by atoms with Crippen molar-refractivity contribution in [3.8, 4) is 17.3 Å². The minimum Gasteiger partial charge on any atom is -0.493 e. The van der Waals surface area contributed by atoms with Crippen LogP contribution in [0.4, 0.5) is 17.6 Å². The summed E-state index contributed by atoms with van der Waals surface area (Å²) in [4.78, 5) is 16.2. The molecule has 2 bridgehead atoms. The summed E-state index contributed by atoms with van der Waals surface area (Å²) < 4.78 is 12.4. The van der Waals surface area contributed by atoms with Crippen LogP contribution < -0.4 is 20.5 Å². The first-order valence-electron chi connectivity index (χ1n) is 14.3. The SMILES string of the molecule is COc1cc2ncnc(-n3nc(Nc4ccc5c(c4)CCCN(C46CCC(CC4)C6)CC5)nc3N)c2cc1OC. The van der Waals surface area contributed by atoms with Crippen LogP contribution in [0.3, 0.4) is 0 Å². The molecule has 0 amide bonds. The first kappa shape index (κ1) is 25.1. The highest BCUT2D eigenvalue weighted by atomic mass is 16.5. The lowest BCUT2D eigenvalue weighted by atomic mass is 9.89. The molecule has 0 atom stereocenters. The number of ether oxygens (including phenoxy) is 2. The molecule has 10 nitrogen and oxygen atoms in total. The van der Waals surface area contributed by atoms with Crippen molar-refractivity contribution in [1.29, 1.82) is 0 Å². The Morgan fingerprint density at radius 1 is 0.975 bits per heavy atom. The Balaban J connectivity index is 1.11. The van der Waals surface area contributed by atoms with Crippen molar-refractivity contribution in [1.82, 2.24) is 29.6 Å². The number of rotatable bonds is 6.